The highest BCUT2D eigenvalue weighted by atomic mass is 16.5. The van der Waals surface area contributed by atoms with Crippen molar-refractivity contribution in [2.75, 3.05) is 19.8 Å². The third-order valence-corrected chi connectivity index (χ3v) is 3.77. The minimum Gasteiger partial charge on any atom is -0.379 e. The normalized spacial score (nSPS) is 18.1. The lowest BCUT2D eigenvalue weighted by Crippen LogP contribution is -2.26. The first-order valence-electron chi connectivity index (χ1n) is 7.26. The number of nitrogens with one attached hydrogen (secondary N) is 1. The van der Waals surface area contributed by atoms with Crippen LogP contribution in [0.5, 0.6) is 0 Å². The second kappa shape index (κ2) is 7.55. The Kier molecular flexibility index (Phi) is 5.69. The van der Waals surface area contributed by atoms with Crippen molar-refractivity contribution in [1.29, 1.82) is 0 Å². The third kappa shape index (κ3) is 4.11. The molecule has 1 aliphatic rings. The average molecular weight is 247 g/mol. The van der Waals surface area contributed by atoms with Gasteiger partial charge < -0.3 is 10.1 Å². The van der Waals surface area contributed by atoms with Crippen LogP contribution in [0.2, 0.25) is 0 Å². The van der Waals surface area contributed by atoms with Crippen molar-refractivity contribution in [2.45, 2.75) is 38.6 Å². The molecule has 2 rings (SSSR count). The Bertz CT molecular complexity index is 319. The molecule has 2 nitrogen and oxygen atoms in total. The number of rotatable bonds is 7. The van der Waals surface area contributed by atoms with Crippen LogP contribution in [-0.2, 0) is 4.74 Å². The van der Waals surface area contributed by atoms with E-state index in [4.69, 9.17) is 4.74 Å². The molecule has 1 unspecified atom stereocenters. The molecule has 18 heavy (non-hydrogen) atoms. The minimum absolute atomic E-state index is 0.331. The van der Waals surface area contributed by atoms with Crippen LogP contribution < -0.4 is 5.32 Å². The van der Waals surface area contributed by atoms with Gasteiger partial charge in [0.1, 0.15) is 0 Å². The molecule has 0 spiro atoms. The summed E-state index contributed by atoms with van der Waals surface area (Å²) in [5.74, 6) is 0.808. The summed E-state index contributed by atoms with van der Waals surface area (Å²) >= 11 is 0. The molecule has 0 amide bonds. The molecule has 0 radical (unpaired) electrons. The summed E-state index contributed by atoms with van der Waals surface area (Å²) in [5.41, 5.74) is 1.32. The Hall–Kier alpha value is -0.860. The predicted octanol–water partition coefficient (Wildman–Crippen LogP) is 3.54. The highest BCUT2D eigenvalue weighted by Crippen LogP contribution is 2.25. The van der Waals surface area contributed by atoms with Crippen molar-refractivity contribution in [2.24, 2.45) is 5.92 Å². The SMILES string of the molecule is CCNC(COCC1CCCC1)c1ccccc1. The highest BCUT2D eigenvalue weighted by Gasteiger charge is 2.16. The average Bonchev–Trinajstić information content (AvgIpc) is 2.92. The Morgan fingerprint density at radius 2 is 1.94 bits per heavy atom. The van der Waals surface area contributed by atoms with Crippen molar-refractivity contribution in [3.05, 3.63) is 35.9 Å². The van der Waals surface area contributed by atoms with Crippen LogP contribution >= 0.6 is 0 Å². The summed E-state index contributed by atoms with van der Waals surface area (Å²) in [6, 6.07) is 10.9. The molecule has 100 valence electrons. The van der Waals surface area contributed by atoms with E-state index < -0.39 is 0 Å². The molecule has 1 aliphatic carbocycles. The third-order valence-electron chi connectivity index (χ3n) is 3.77. The van der Waals surface area contributed by atoms with Crippen LogP contribution in [0, 0.1) is 5.92 Å². The van der Waals surface area contributed by atoms with Crippen LogP contribution in [0.1, 0.15) is 44.2 Å². The van der Waals surface area contributed by atoms with E-state index in [9.17, 15) is 0 Å². The van der Waals surface area contributed by atoms with E-state index in [1.165, 1.54) is 31.2 Å². The lowest BCUT2D eigenvalue weighted by molar-refractivity contribution is 0.0831. The van der Waals surface area contributed by atoms with Crippen molar-refractivity contribution in [3.63, 3.8) is 0 Å². The van der Waals surface area contributed by atoms with Gasteiger partial charge >= 0.3 is 0 Å². The largest absolute Gasteiger partial charge is 0.379 e. The Labute approximate surface area is 111 Å². The molecule has 0 saturated heterocycles. The molecule has 0 aliphatic heterocycles. The highest BCUT2D eigenvalue weighted by molar-refractivity contribution is 5.18. The van der Waals surface area contributed by atoms with Gasteiger partial charge in [-0.2, -0.15) is 0 Å². The molecule has 1 atom stereocenters. The van der Waals surface area contributed by atoms with Gasteiger partial charge in [-0.3, -0.25) is 0 Å². The maximum atomic E-state index is 5.92. The number of hydrogen-bond donors (Lipinski definition) is 1. The van der Waals surface area contributed by atoms with Gasteiger partial charge in [0.05, 0.1) is 12.6 Å². The summed E-state index contributed by atoms with van der Waals surface area (Å²) in [4.78, 5) is 0. The summed E-state index contributed by atoms with van der Waals surface area (Å²) in [6.07, 6.45) is 5.50. The van der Waals surface area contributed by atoms with E-state index in [1.54, 1.807) is 0 Å². The van der Waals surface area contributed by atoms with Crippen LogP contribution in [0.4, 0.5) is 0 Å². The maximum absolute atomic E-state index is 5.92. The number of ether oxygens (including phenoxy) is 1. The fourth-order valence-corrected chi connectivity index (χ4v) is 2.73. The summed E-state index contributed by atoms with van der Waals surface area (Å²) in [5, 5.41) is 3.50. The van der Waals surface area contributed by atoms with Gasteiger partial charge in [0.15, 0.2) is 0 Å². The molecule has 0 aromatic heterocycles. The molecule has 1 saturated carbocycles. The van der Waals surface area contributed by atoms with Gasteiger partial charge in [-0.15, -0.1) is 0 Å². The number of hydrogen-bond acceptors (Lipinski definition) is 2. The molecule has 0 bridgehead atoms. The van der Waals surface area contributed by atoms with E-state index in [2.05, 4.69) is 42.6 Å². The first-order valence-corrected chi connectivity index (χ1v) is 7.26. The molecule has 1 aromatic carbocycles. The fraction of sp³-hybridized carbons (Fsp3) is 0.625. The molecule has 2 heteroatoms. The van der Waals surface area contributed by atoms with E-state index in [0.29, 0.717) is 6.04 Å². The second-order valence-corrected chi connectivity index (χ2v) is 5.21. The second-order valence-electron chi connectivity index (χ2n) is 5.21. The van der Waals surface area contributed by atoms with Crippen molar-refractivity contribution < 1.29 is 4.74 Å². The lowest BCUT2D eigenvalue weighted by Gasteiger charge is -2.19. The monoisotopic (exact) mass is 247 g/mol. The zero-order chi connectivity index (χ0) is 12.6. The first-order chi connectivity index (χ1) is 8.90. The van der Waals surface area contributed by atoms with Crippen molar-refractivity contribution in [1.82, 2.24) is 5.32 Å². The summed E-state index contributed by atoms with van der Waals surface area (Å²) < 4.78 is 5.92. The zero-order valence-corrected chi connectivity index (χ0v) is 11.4. The van der Waals surface area contributed by atoms with Crippen LogP contribution in [0.15, 0.2) is 30.3 Å². The van der Waals surface area contributed by atoms with Crippen LogP contribution in [-0.4, -0.2) is 19.8 Å². The molecular weight excluding hydrogens is 222 g/mol. The molecule has 1 fully saturated rings. The van der Waals surface area contributed by atoms with E-state index in [1.807, 2.05) is 0 Å². The van der Waals surface area contributed by atoms with E-state index in [-0.39, 0.29) is 0 Å². The summed E-state index contributed by atoms with van der Waals surface area (Å²) in [6.45, 7) is 4.85. The van der Waals surface area contributed by atoms with Crippen molar-refractivity contribution in [3.8, 4) is 0 Å². The predicted molar refractivity (Wildman–Crippen MR) is 75.6 cm³/mol. The van der Waals surface area contributed by atoms with Gasteiger partial charge in [0.25, 0.3) is 0 Å². The Morgan fingerprint density at radius 1 is 1.22 bits per heavy atom. The quantitative estimate of drug-likeness (QED) is 0.795. The molecule has 1 aromatic rings. The van der Waals surface area contributed by atoms with E-state index in [0.717, 1.165) is 25.7 Å². The van der Waals surface area contributed by atoms with Gasteiger partial charge in [0, 0.05) is 6.61 Å². The van der Waals surface area contributed by atoms with Crippen LogP contribution in [0.3, 0.4) is 0 Å². The van der Waals surface area contributed by atoms with Gasteiger partial charge in [-0.05, 0) is 30.9 Å². The lowest BCUT2D eigenvalue weighted by atomic mass is 10.1. The molecular formula is C16H25NO. The summed E-state index contributed by atoms with van der Waals surface area (Å²) in [7, 11) is 0. The smallest absolute Gasteiger partial charge is 0.0661 e. The standard InChI is InChI=1S/C16H25NO/c1-2-17-16(15-10-4-3-5-11-15)13-18-12-14-8-6-7-9-14/h3-5,10-11,14,16-17H,2,6-9,12-13H2,1H3. The topological polar surface area (TPSA) is 21.3 Å². The van der Waals surface area contributed by atoms with Gasteiger partial charge in [-0.25, -0.2) is 0 Å². The van der Waals surface area contributed by atoms with Crippen LogP contribution in [0.25, 0.3) is 0 Å². The van der Waals surface area contributed by atoms with E-state index >= 15 is 0 Å². The first kappa shape index (κ1) is 13.6. The van der Waals surface area contributed by atoms with Gasteiger partial charge in [0.2, 0.25) is 0 Å². The Balaban J connectivity index is 1.79. The zero-order valence-electron chi connectivity index (χ0n) is 11.4. The van der Waals surface area contributed by atoms with Crippen molar-refractivity contribution >= 4 is 0 Å². The van der Waals surface area contributed by atoms with Gasteiger partial charge in [-0.1, -0.05) is 50.1 Å². The molecule has 1 N–H and O–H groups in total. The Morgan fingerprint density at radius 3 is 2.61 bits per heavy atom. The molecule has 0 heterocycles. The maximum Gasteiger partial charge on any atom is 0.0661 e. The minimum atomic E-state index is 0.331. The number of benzene rings is 1. The fourth-order valence-electron chi connectivity index (χ4n) is 2.73. The number of likely N-dealkylation sites (N-methyl/N-ethyl adjacent to an activating group) is 1.